The molecule has 1 aliphatic rings. The van der Waals surface area contributed by atoms with Crippen LogP contribution in [0.5, 0.6) is 0 Å². The molecule has 1 aliphatic heterocycles. The number of allylic oxidation sites excluding steroid dienone is 1. The number of ether oxygens (including phenoxy) is 1. The molecule has 1 atom stereocenters. The molecule has 0 bridgehead atoms. The topological polar surface area (TPSA) is 12.5 Å². The van der Waals surface area contributed by atoms with Gasteiger partial charge in [-0.15, -0.1) is 0 Å². The Bertz CT molecular complexity index is 159. The van der Waals surface area contributed by atoms with Crippen LogP contribution in [0.1, 0.15) is 64.7 Å². The van der Waals surface area contributed by atoms with Crippen molar-refractivity contribution in [3.05, 3.63) is 12.2 Å². The number of hydrogen-bond donors (Lipinski definition) is 0. The molecule has 0 aliphatic carbocycles. The average Bonchev–Trinajstić information content (AvgIpc) is 3.05. The largest absolute Gasteiger partial charge is 0.373 e. The Kier molecular flexibility index (Phi) is 7.63. The average molecular weight is 210 g/mol. The lowest BCUT2D eigenvalue weighted by Gasteiger charge is -1.98. The smallest absolute Gasteiger partial charge is 0.0844 e. The van der Waals surface area contributed by atoms with Gasteiger partial charge in [0.25, 0.3) is 0 Å². The van der Waals surface area contributed by atoms with Gasteiger partial charge in [0, 0.05) is 0 Å². The van der Waals surface area contributed by atoms with Crippen LogP contribution in [0.4, 0.5) is 0 Å². The van der Waals surface area contributed by atoms with Crippen molar-refractivity contribution in [2.45, 2.75) is 70.8 Å². The summed E-state index contributed by atoms with van der Waals surface area (Å²) < 4.78 is 5.14. The third-order valence-corrected chi connectivity index (χ3v) is 2.94. The van der Waals surface area contributed by atoms with Crippen LogP contribution in [0.15, 0.2) is 12.2 Å². The fraction of sp³-hybridized carbons (Fsp3) is 0.857. The van der Waals surface area contributed by atoms with Crippen LogP contribution >= 0.6 is 0 Å². The number of rotatable bonds is 10. The molecule has 0 saturated carbocycles. The van der Waals surface area contributed by atoms with Crippen LogP contribution in [-0.4, -0.2) is 12.7 Å². The summed E-state index contributed by atoms with van der Waals surface area (Å²) in [5.41, 5.74) is 0. The molecule has 15 heavy (non-hydrogen) atoms. The van der Waals surface area contributed by atoms with Crippen molar-refractivity contribution >= 4 is 0 Å². The number of epoxide rings is 1. The van der Waals surface area contributed by atoms with E-state index in [0.717, 1.165) is 13.0 Å². The molecule has 1 unspecified atom stereocenters. The lowest BCUT2D eigenvalue weighted by Crippen LogP contribution is -1.80. The van der Waals surface area contributed by atoms with Gasteiger partial charge in [-0.3, -0.25) is 0 Å². The van der Waals surface area contributed by atoms with Crippen LogP contribution in [0.2, 0.25) is 0 Å². The summed E-state index contributed by atoms with van der Waals surface area (Å²) in [6.07, 6.45) is 17.4. The summed E-state index contributed by atoms with van der Waals surface area (Å²) in [6.45, 7) is 3.26. The van der Waals surface area contributed by atoms with Crippen LogP contribution in [-0.2, 0) is 4.74 Å². The van der Waals surface area contributed by atoms with E-state index in [1.807, 2.05) is 0 Å². The minimum absolute atomic E-state index is 0.565. The Hall–Kier alpha value is -0.300. The first kappa shape index (κ1) is 12.8. The van der Waals surface area contributed by atoms with Crippen LogP contribution in [0.25, 0.3) is 0 Å². The Morgan fingerprint density at radius 1 is 1.00 bits per heavy atom. The van der Waals surface area contributed by atoms with E-state index in [-0.39, 0.29) is 0 Å². The van der Waals surface area contributed by atoms with E-state index in [9.17, 15) is 0 Å². The molecule has 1 rings (SSSR count). The second-order valence-electron chi connectivity index (χ2n) is 4.57. The minimum Gasteiger partial charge on any atom is -0.373 e. The van der Waals surface area contributed by atoms with Gasteiger partial charge in [0.1, 0.15) is 0 Å². The van der Waals surface area contributed by atoms with Gasteiger partial charge >= 0.3 is 0 Å². The van der Waals surface area contributed by atoms with Crippen LogP contribution < -0.4 is 0 Å². The normalized spacial score (nSPS) is 19.9. The second kappa shape index (κ2) is 8.96. The van der Waals surface area contributed by atoms with Crippen molar-refractivity contribution in [1.82, 2.24) is 0 Å². The zero-order chi connectivity index (χ0) is 10.8. The standard InChI is InChI=1S/C14H26O/c1-2-3-4-5-6-7-8-9-10-11-12-14-13-15-14/h10-11,14H,2-9,12-13H2,1H3/b11-10+. The van der Waals surface area contributed by atoms with E-state index < -0.39 is 0 Å². The third kappa shape index (κ3) is 8.68. The minimum atomic E-state index is 0.565. The van der Waals surface area contributed by atoms with Crippen molar-refractivity contribution < 1.29 is 4.74 Å². The first-order chi connectivity index (χ1) is 7.43. The Morgan fingerprint density at radius 2 is 1.67 bits per heavy atom. The molecule has 0 aromatic carbocycles. The molecule has 1 heterocycles. The van der Waals surface area contributed by atoms with E-state index in [0.29, 0.717) is 6.10 Å². The number of hydrogen-bond acceptors (Lipinski definition) is 1. The molecule has 0 radical (unpaired) electrons. The zero-order valence-electron chi connectivity index (χ0n) is 10.2. The van der Waals surface area contributed by atoms with Gasteiger partial charge in [0.05, 0.1) is 12.7 Å². The Labute approximate surface area is 94.9 Å². The monoisotopic (exact) mass is 210 g/mol. The molecule has 0 aromatic rings. The maximum absolute atomic E-state index is 5.14. The fourth-order valence-electron chi connectivity index (χ4n) is 1.79. The lowest BCUT2D eigenvalue weighted by molar-refractivity contribution is 0.410. The first-order valence-corrected chi connectivity index (χ1v) is 6.70. The van der Waals surface area contributed by atoms with Crippen LogP contribution in [0, 0.1) is 0 Å². The summed E-state index contributed by atoms with van der Waals surface area (Å²) in [7, 11) is 0. The molecular formula is C14H26O. The molecule has 1 fully saturated rings. The SMILES string of the molecule is CCCCCCCCC/C=C/CC1CO1. The summed E-state index contributed by atoms with van der Waals surface area (Å²) in [4.78, 5) is 0. The summed E-state index contributed by atoms with van der Waals surface area (Å²) in [5, 5.41) is 0. The second-order valence-corrected chi connectivity index (χ2v) is 4.57. The van der Waals surface area contributed by atoms with Crippen molar-refractivity contribution in [2.75, 3.05) is 6.61 Å². The highest BCUT2D eigenvalue weighted by atomic mass is 16.6. The molecule has 0 amide bonds. The molecule has 88 valence electrons. The molecular weight excluding hydrogens is 184 g/mol. The van der Waals surface area contributed by atoms with Gasteiger partial charge in [0.2, 0.25) is 0 Å². The zero-order valence-corrected chi connectivity index (χ0v) is 10.2. The summed E-state index contributed by atoms with van der Waals surface area (Å²) in [6, 6.07) is 0. The third-order valence-electron chi connectivity index (χ3n) is 2.94. The van der Waals surface area contributed by atoms with Crippen molar-refractivity contribution in [3.63, 3.8) is 0 Å². The Morgan fingerprint density at radius 3 is 2.33 bits per heavy atom. The lowest BCUT2D eigenvalue weighted by atomic mass is 10.1. The highest BCUT2D eigenvalue weighted by Crippen LogP contribution is 2.14. The van der Waals surface area contributed by atoms with Gasteiger partial charge in [-0.05, 0) is 19.3 Å². The van der Waals surface area contributed by atoms with E-state index in [1.54, 1.807) is 0 Å². The first-order valence-electron chi connectivity index (χ1n) is 6.70. The molecule has 1 saturated heterocycles. The highest BCUT2D eigenvalue weighted by molar-refractivity contribution is 4.87. The summed E-state index contributed by atoms with van der Waals surface area (Å²) in [5.74, 6) is 0. The van der Waals surface area contributed by atoms with Gasteiger partial charge in [-0.25, -0.2) is 0 Å². The maximum atomic E-state index is 5.14. The van der Waals surface area contributed by atoms with E-state index in [4.69, 9.17) is 4.74 Å². The van der Waals surface area contributed by atoms with E-state index in [1.165, 1.54) is 51.4 Å². The van der Waals surface area contributed by atoms with Gasteiger partial charge in [-0.1, -0.05) is 57.6 Å². The van der Waals surface area contributed by atoms with Crippen molar-refractivity contribution in [1.29, 1.82) is 0 Å². The van der Waals surface area contributed by atoms with Gasteiger partial charge < -0.3 is 4.74 Å². The molecule has 1 nitrogen and oxygen atoms in total. The predicted molar refractivity (Wildman–Crippen MR) is 66.1 cm³/mol. The summed E-state index contributed by atoms with van der Waals surface area (Å²) >= 11 is 0. The van der Waals surface area contributed by atoms with E-state index in [2.05, 4.69) is 19.1 Å². The molecule has 1 heteroatoms. The fourth-order valence-corrected chi connectivity index (χ4v) is 1.79. The van der Waals surface area contributed by atoms with Crippen molar-refractivity contribution in [3.8, 4) is 0 Å². The van der Waals surface area contributed by atoms with Crippen LogP contribution in [0.3, 0.4) is 0 Å². The quantitative estimate of drug-likeness (QED) is 0.294. The highest BCUT2D eigenvalue weighted by Gasteiger charge is 2.19. The van der Waals surface area contributed by atoms with Gasteiger partial charge in [-0.2, -0.15) is 0 Å². The maximum Gasteiger partial charge on any atom is 0.0844 e. The Balaban J connectivity index is 1.70. The molecule has 0 spiro atoms. The van der Waals surface area contributed by atoms with Gasteiger partial charge in [0.15, 0.2) is 0 Å². The number of unbranched alkanes of at least 4 members (excludes halogenated alkanes) is 7. The molecule has 0 aromatic heterocycles. The van der Waals surface area contributed by atoms with Crippen molar-refractivity contribution in [2.24, 2.45) is 0 Å². The predicted octanol–water partition coefficient (Wildman–Crippen LogP) is 4.47. The van der Waals surface area contributed by atoms with E-state index >= 15 is 0 Å². The molecule has 0 N–H and O–H groups in total.